The minimum atomic E-state index is -4.79. The van der Waals surface area contributed by atoms with E-state index in [1.165, 1.54) is 24.3 Å². The van der Waals surface area contributed by atoms with Crippen molar-refractivity contribution in [1.29, 1.82) is 0 Å². The average molecular weight is 305 g/mol. The van der Waals surface area contributed by atoms with Crippen LogP contribution in [0, 0.1) is 5.82 Å². The van der Waals surface area contributed by atoms with E-state index in [0.29, 0.717) is 5.56 Å². The lowest BCUT2D eigenvalue weighted by Crippen LogP contribution is -2.17. The molecular formula is C14H9ClF4O. The van der Waals surface area contributed by atoms with Gasteiger partial charge in [-0.25, -0.2) is 4.39 Å². The molecule has 0 fully saturated rings. The number of alkyl halides is 4. The fraction of sp³-hybridized carbons (Fsp3) is 0.143. The minimum Gasteiger partial charge on any atom is -0.406 e. The predicted molar refractivity (Wildman–Crippen MR) is 68.1 cm³/mol. The molecule has 0 atom stereocenters. The summed E-state index contributed by atoms with van der Waals surface area (Å²) in [5.41, 5.74) is 0.950. The Bertz CT molecular complexity index is 610. The number of hydrogen-bond acceptors (Lipinski definition) is 1. The van der Waals surface area contributed by atoms with Crippen LogP contribution in [-0.2, 0) is 5.88 Å². The summed E-state index contributed by atoms with van der Waals surface area (Å²) in [6.45, 7) is 0. The second kappa shape index (κ2) is 5.71. The van der Waals surface area contributed by atoms with Gasteiger partial charge in [-0.1, -0.05) is 24.3 Å². The lowest BCUT2D eigenvalue weighted by molar-refractivity contribution is -0.274. The van der Waals surface area contributed by atoms with Gasteiger partial charge < -0.3 is 4.74 Å². The van der Waals surface area contributed by atoms with Gasteiger partial charge in [-0.05, 0) is 29.3 Å². The van der Waals surface area contributed by atoms with Crippen molar-refractivity contribution in [2.75, 3.05) is 0 Å². The highest BCUT2D eigenvalue weighted by atomic mass is 35.5. The highest BCUT2D eigenvalue weighted by Gasteiger charge is 2.31. The third-order valence-corrected chi connectivity index (χ3v) is 2.89. The predicted octanol–water partition coefficient (Wildman–Crippen LogP) is 5.13. The molecule has 0 saturated heterocycles. The molecule has 0 heterocycles. The van der Waals surface area contributed by atoms with Gasteiger partial charge in [0.25, 0.3) is 0 Å². The van der Waals surface area contributed by atoms with Crippen LogP contribution in [0.3, 0.4) is 0 Å². The molecule has 0 aliphatic rings. The van der Waals surface area contributed by atoms with Crippen molar-refractivity contribution in [2.24, 2.45) is 0 Å². The average Bonchev–Trinajstić information content (AvgIpc) is 2.36. The molecule has 2 aromatic rings. The fourth-order valence-electron chi connectivity index (χ4n) is 1.85. The van der Waals surface area contributed by atoms with E-state index in [1.54, 1.807) is 6.07 Å². The van der Waals surface area contributed by atoms with Crippen LogP contribution in [0.4, 0.5) is 17.6 Å². The van der Waals surface area contributed by atoms with Crippen LogP contribution < -0.4 is 4.74 Å². The van der Waals surface area contributed by atoms with Crippen LogP contribution in [0.15, 0.2) is 42.5 Å². The molecule has 0 bridgehead atoms. The number of benzene rings is 2. The molecule has 106 valence electrons. The molecule has 6 heteroatoms. The summed E-state index contributed by atoms with van der Waals surface area (Å²) in [5.74, 6) is -0.900. The Hall–Kier alpha value is -1.75. The number of rotatable bonds is 3. The van der Waals surface area contributed by atoms with Gasteiger partial charge in [0.2, 0.25) is 0 Å². The van der Waals surface area contributed by atoms with Gasteiger partial charge in [0.05, 0.1) is 0 Å². The topological polar surface area (TPSA) is 9.23 Å². The van der Waals surface area contributed by atoms with Gasteiger partial charge in [0.1, 0.15) is 11.6 Å². The maximum Gasteiger partial charge on any atom is 0.573 e. The summed E-state index contributed by atoms with van der Waals surface area (Å²) in [5, 5.41) is 0. The Morgan fingerprint density at radius 3 is 2.40 bits per heavy atom. The standard InChI is InChI=1S/C14H9ClF4O/c15-8-10-4-2-6-12(16)13(10)9-3-1-5-11(7-9)20-14(17,18)19/h1-7H,8H2. The van der Waals surface area contributed by atoms with Gasteiger partial charge in [-0.15, -0.1) is 24.8 Å². The Morgan fingerprint density at radius 2 is 1.75 bits per heavy atom. The quantitative estimate of drug-likeness (QED) is 0.564. The van der Waals surface area contributed by atoms with E-state index in [9.17, 15) is 17.6 Å². The number of ether oxygens (including phenoxy) is 1. The van der Waals surface area contributed by atoms with Crippen LogP contribution in [-0.4, -0.2) is 6.36 Å². The van der Waals surface area contributed by atoms with Crippen LogP contribution in [0.5, 0.6) is 5.75 Å². The molecule has 0 aliphatic heterocycles. The first-order valence-corrected chi connectivity index (χ1v) is 6.13. The molecule has 0 aromatic heterocycles. The summed E-state index contributed by atoms with van der Waals surface area (Å²) in [6, 6.07) is 9.47. The van der Waals surface area contributed by atoms with E-state index in [0.717, 1.165) is 12.1 Å². The summed E-state index contributed by atoms with van der Waals surface area (Å²) < 4.78 is 54.2. The van der Waals surface area contributed by atoms with E-state index in [-0.39, 0.29) is 17.0 Å². The van der Waals surface area contributed by atoms with E-state index in [2.05, 4.69) is 4.74 Å². The largest absolute Gasteiger partial charge is 0.573 e. The van der Waals surface area contributed by atoms with Crippen molar-refractivity contribution in [2.45, 2.75) is 12.2 Å². The summed E-state index contributed by atoms with van der Waals surface area (Å²) in [7, 11) is 0. The molecule has 0 unspecified atom stereocenters. The van der Waals surface area contributed by atoms with Crippen LogP contribution in [0.1, 0.15) is 5.56 Å². The molecule has 0 radical (unpaired) electrons. The summed E-state index contributed by atoms with van der Waals surface area (Å²) in [4.78, 5) is 0. The first-order chi connectivity index (χ1) is 9.40. The Kier molecular flexibility index (Phi) is 4.18. The molecular weight excluding hydrogens is 296 g/mol. The van der Waals surface area contributed by atoms with Crippen molar-refractivity contribution in [1.82, 2.24) is 0 Å². The molecule has 0 saturated carbocycles. The molecule has 2 aromatic carbocycles. The molecule has 0 amide bonds. The van der Waals surface area contributed by atoms with Gasteiger partial charge in [-0.2, -0.15) is 0 Å². The van der Waals surface area contributed by atoms with E-state index in [4.69, 9.17) is 11.6 Å². The molecule has 0 aliphatic carbocycles. The Morgan fingerprint density at radius 1 is 1.05 bits per heavy atom. The van der Waals surface area contributed by atoms with E-state index < -0.39 is 17.9 Å². The lowest BCUT2D eigenvalue weighted by Gasteiger charge is -2.12. The summed E-state index contributed by atoms with van der Waals surface area (Å²) >= 11 is 5.72. The van der Waals surface area contributed by atoms with Gasteiger partial charge in [-0.3, -0.25) is 0 Å². The Labute approximate surface area is 117 Å². The monoisotopic (exact) mass is 304 g/mol. The van der Waals surface area contributed by atoms with E-state index >= 15 is 0 Å². The minimum absolute atomic E-state index is 0.0530. The van der Waals surface area contributed by atoms with Crippen LogP contribution in [0.25, 0.3) is 11.1 Å². The van der Waals surface area contributed by atoms with Crippen molar-refractivity contribution in [3.05, 3.63) is 53.8 Å². The molecule has 2 rings (SSSR count). The maximum atomic E-state index is 13.9. The van der Waals surface area contributed by atoms with Gasteiger partial charge in [0.15, 0.2) is 0 Å². The molecule has 1 nitrogen and oxygen atoms in total. The fourth-order valence-corrected chi connectivity index (χ4v) is 2.07. The SMILES string of the molecule is Fc1cccc(CCl)c1-c1cccc(OC(F)(F)F)c1. The molecule has 0 N–H and O–H groups in total. The molecule has 0 spiro atoms. The van der Waals surface area contributed by atoms with Crippen molar-refractivity contribution < 1.29 is 22.3 Å². The second-order valence-electron chi connectivity index (χ2n) is 3.98. The van der Waals surface area contributed by atoms with E-state index in [1.807, 2.05) is 0 Å². The smallest absolute Gasteiger partial charge is 0.406 e. The van der Waals surface area contributed by atoms with Gasteiger partial charge >= 0.3 is 6.36 Å². The van der Waals surface area contributed by atoms with Gasteiger partial charge in [0, 0.05) is 11.4 Å². The highest BCUT2D eigenvalue weighted by molar-refractivity contribution is 6.17. The second-order valence-corrected chi connectivity index (χ2v) is 4.25. The van der Waals surface area contributed by atoms with Crippen molar-refractivity contribution in [3.63, 3.8) is 0 Å². The first kappa shape index (κ1) is 14.7. The normalized spacial score (nSPS) is 11.4. The number of hydrogen-bond donors (Lipinski definition) is 0. The van der Waals surface area contributed by atoms with Crippen LogP contribution >= 0.6 is 11.6 Å². The third-order valence-electron chi connectivity index (χ3n) is 2.60. The molecule has 20 heavy (non-hydrogen) atoms. The zero-order chi connectivity index (χ0) is 14.8. The van der Waals surface area contributed by atoms with Crippen molar-refractivity contribution in [3.8, 4) is 16.9 Å². The zero-order valence-corrected chi connectivity index (χ0v) is 10.8. The van der Waals surface area contributed by atoms with Crippen LogP contribution in [0.2, 0.25) is 0 Å². The Balaban J connectivity index is 2.46. The first-order valence-electron chi connectivity index (χ1n) is 5.60. The zero-order valence-electron chi connectivity index (χ0n) is 10.0. The van der Waals surface area contributed by atoms with Crippen molar-refractivity contribution >= 4 is 11.6 Å². The summed E-state index contributed by atoms with van der Waals surface area (Å²) in [6.07, 6.45) is -4.79. The lowest BCUT2D eigenvalue weighted by atomic mass is 10.00. The highest BCUT2D eigenvalue weighted by Crippen LogP contribution is 2.32. The number of halogens is 5. The third kappa shape index (κ3) is 3.42. The maximum absolute atomic E-state index is 13.9.